The summed E-state index contributed by atoms with van der Waals surface area (Å²) < 4.78 is 5.67. The summed E-state index contributed by atoms with van der Waals surface area (Å²) in [5, 5.41) is 1.15. The summed E-state index contributed by atoms with van der Waals surface area (Å²) in [5.74, 6) is 0.670. The highest BCUT2D eigenvalue weighted by Crippen LogP contribution is 2.22. The van der Waals surface area contributed by atoms with Gasteiger partial charge in [0.15, 0.2) is 5.82 Å². The Balaban J connectivity index is 2.18. The SMILES string of the molecule is COCc1cc(=S)nc(-c2cc(C)c3ccccc3n2)[nH]1. The van der Waals surface area contributed by atoms with Crippen LogP contribution >= 0.6 is 12.2 Å². The van der Waals surface area contributed by atoms with Gasteiger partial charge in [-0.15, -0.1) is 0 Å². The minimum atomic E-state index is 0.464. The molecule has 21 heavy (non-hydrogen) atoms. The fourth-order valence-electron chi connectivity index (χ4n) is 2.33. The van der Waals surface area contributed by atoms with Crippen LogP contribution in [0.1, 0.15) is 11.3 Å². The monoisotopic (exact) mass is 297 g/mol. The normalized spacial score (nSPS) is 11.0. The lowest BCUT2D eigenvalue weighted by atomic mass is 10.1. The number of aromatic nitrogens is 3. The molecular weight excluding hydrogens is 282 g/mol. The molecule has 0 amide bonds. The number of para-hydroxylation sites is 1. The highest BCUT2D eigenvalue weighted by Gasteiger charge is 2.07. The number of aromatic amines is 1. The standard InChI is InChI=1S/C16H15N3OS/c1-10-7-14(18-13-6-4-3-5-12(10)13)16-17-11(9-20-2)8-15(21)19-16/h3-8H,9H2,1-2H3,(H,17,19,21). The number of nitrogens with zero attached hydrogens (tertiary/aromatic N) is 2. The second-order valence-electron chi connectivity index (χ2n) is 4.87. The van der Waals surface area contributed by atoms with E-state index < -0.39 is 0 Å². The number of rotatable bonds is 3. The lowest BCUT2D eigenvalue weighted by Gasteiger charge is -2.08. The Bertz CT molecular complexity index is 858. The van der Waals surface area contributed by atoms with Gasteiger partial charge in [0.25, 0.3) is 0 Å². The number of ether oxygens (including phenoxy) is 1. The number of H-pyrrole nitrogens is 1. The maximum atomic E-state index is 5.22. The molecule has 1 N–H and O–H groups in total. The minimum absolute atomic E-state index is 0.464. The molecule has 0 saturated heterocycles. The van der Waals surface area contributed by atoms with E-state index in [-0.39, 0.29) is 0 Å². The van der Waals surface area contributed by atoms with Crippen LogP contribution in [-0.4, -0.2) is 22.1 Å². The van der Waals surface area contributed by atoms with Gasteiger partial charge in [-0.1, -0.05) is 30.4 Å². The molecule has 0 radical (unpaired) electrons. The lowest BCUT2D eigenvalue weighted by molar-refractivity contribution is 0.181. The number of hydrogen-bond donors (Lipinski definition) is 1. The summed E-state index contributed by atoms with van der Waals surface area (Å²) in [4.78, 5) is 12.3. The molecule has 0 saturated carbocycles. The summed E-state index contributed by atoms with van der Waals surface area (Å²) in [5.41, 5.74) is 3.79. The topological polar surface area (TPSA) is 50.8 Å². The molecule has 4 nitrogen and oxygen atoms in total. The zero-order valence-corrected chi connectivity index (χ0v) is 12.7. The molecule has 1 aromatic carbocycles. The zero-order valence-electron chi connectivity index (χ0n) is 11.9. The Labute approximate surface area is 127 Å². The molecule has 0 aliphatic carbocycles. The molecule has 0 bridgehead atoms. The predicted octanol–water partition coefficient (Wildman–Crippen LogP) is 3.81. The average molecular weight is 297 g/mol. The van der Waals surface area contributed by atoms with Crippen molar-refractivity contribution >= 4 is 23.1 Å². The van der Waals surface area contributed by atoms with Crippen molar-refractivity contribution in [2.75, 3.05) is 7.11 Å². The van der Waals surface area contributed by atoms with Crippen molar-refractivity contribution in [3.05, 3.63) is 52.3 Å². The molecule has 0 aliphatic rings. The van der Waals surface area contributed by atoms with Crippen LogP contribution in [-0.2, 0) is 11.3 Å². The number of methoxy groups -OCH3 is 1. The summed E-state index contributed by atoms with van der Waals surface area (Å²) in [7, 11) is 1.65. The largest absolute Gasteiger partial charge is 0.378 e. The van der Waals surface area contributed by atoms with Crippen molar-refractivity contribution in [3.8, 4) is 11.5 Å². The Morgan fingerprint density at radius 1 is 1.19 bits per heavy atom. The van der Waals surface area contributed by atoms with Gasteiger partial charge in [-0.3, -0.25) is 0 Å². The van der Waals surface area contributed by atoms with Crippen molar-refractivity contribution in [1.29, 1.82) is 0 Å². The maximum absolute atomic E-state index is 5.22. The smallest absolute Gasteiger partial charge is 0.157 e. The van der Waals surface area contributed by atoms with Crippen LogP contribution in [0.4, 0.5) is 0 Å². The van der Waals surface area contributed by atoms with E-state index in [2.05, 4.69) is 27.9 Å². The highest BCUT2D eigenvalue weighted by molar-refractivity contribution is 7.71. The van der Waals surface area contributed by atoms with Crippen LogP contribution < -0.4 is 0 Å². The molecule has 3 aromatic rings. The van der Waals surface area contributed by atoms with Crippen molar-refractivity contribution in [3.63, 3.8) is 0 Å². The van der Waals surface area contributed by atoms with E-state index in [0.29, 0.717) is 17.1 Å². The summed E-state index contributed by atoms with van der Waals surface area (Å²) >= 11 is 5.22. The summed E-state index contributed by atoms with van der Waals surface area (Å²) in [6.07, 6.45) is 0. The first kappa shape index (κ1) is 13.9. The van der Waals surface area contributed by atoms with Crippen LogP contribution in [0.3, 0.4) is 0 Å². The molecule has 0 atom stereocenters. The van der Waals surface area contributed by atoms with Gasteiger partial charge in [-0.05, 0) is 30.7 Å². The molecule has 3 rings (SSSR count). The Morgan fingerprint density at radius 2 is 2.00 bits per heavy atom. The van der Waals surface area contributed by atoms with Crippen molar-refractivity contribution in [1.82, 2.24) is 15.0 Å². The zero-order chi connectivity index (χ0) is 14.8. The highest BCUT2D eigenvalue weighted by atomic mass is 32.1. The van der Waals surface area contributed by atoms with E-state index in [1.807, 2.05) is 24.3 Å². The summed E-state index contributed by atoms with van der Waals surface area (Å²) in [6.45, 7) is 2.53. The third kappa shape index (κ3) is 2.84. The molecule has 106 valence electrons. The molecule has 0 spiro atoms. The van der Waals surface area contributed by atoms with E-state index in [1.54, 1.807) is 13.2 Å². The van der Waals surface area contributed by atoms with Crippen LogP contribution in [0, 0.1) is 11.6 Å². The van der Waals surface area contributed by atoms with Gasteiger partial charge < -0.3 is 9.72 Å². The molecule has 2 heterocycles. The maximum Gasteiger partial charge on any atom is 0.157 e. The van der Waals surface area contributed by atoms with Gasteiger partial charge in [-0.25, -0.2) is 9.97 Å². The van der Waals surface area contributed by atoms with Crippen LogP contribution in [0.25, 0.3) is 22.4 Å². The number of nitrogens with one attached hydrogen (secondary N) is 1. The third-order valence-electron chi connectivity index (χ3n) is 3.26. The van der Waals surface area contributed by atoms with E-state index in [0.717, 1.165) is 27.9 Å². The Morgan fingerprint density at radius 3 is 2.81 bits per heavy atom. The molecular formula is C16H15N3OS. The molecule has 5 heteroatoms. The summed E-state index contributed by atoms with van der Waals surface area (Å²) in [6, 6.07) is 11.9. The second-order valence-corrected chi connectivity index (χ2v) is 5.29. The van der Waals surface area contributed by atoms with E-state index in [9.17, 15) is 0 Å². The Hall–Kier alpha value is -2.11. The minimum Gasteiger partial charge on any atom is -0.378 e. The molecule has 0 fully saturated rings. The number of aryl methyl sites for hydroxylation is 1. The third-order valence-corrected chi connectivity index (χ3v) is 3.47. The Kier molecular flexibility index (Phi) is 3.77. The first-order chi connectivity index (χ1) is 10.2. The average Bonchev–Trinajstić information content (AvgIpc) is 2.47. The predicted molar refractivity (Wildman–Crippen MR) is 85.6 cm³/mol. The molecule has 0 aliphatic heterocycles. The van der Waals surface area contributed by atoms with Crippen molar-refractivity contribution in [2.24, 2.45) is 0 Å². The van der Waals surface area contributed by atoms with Gasteiger partial charge in [0.1, 0.15) is 10.3 Å². The number of benzene rings is 1. The van der Waals surface area contributed by atoms with E-state index in [1.165, 1.54) is 0 Å². The number of fused-ring (bicyclic) bond motifs is 1. The fraction of sp³-hybridized carbons (Fsp3) is 0.188. The van der Waals surface area contributed by atoms with Crippen LogP contribution in [0.2, 0.25) is 0 Å². The lowest BCUT2D eigenvalue weighted by Crippen LogP contribution is -1.99. The molecule has 0 unspecified atom stereocenters. The van der Waals surface area contributed by atoms with Crippen molar-refractivity contribution in [2.45, 2.75) is 13.5 Å². The second kappa shape index (κ2) is 5.71. The van der Waals surface area contributed by atoms with Gasteiger partial charge in [0, 0.05) is 18.2 Å². The van der Waals surface area contributed by atoms with Gasteiger partial charge in [0.05, 0.1) is 12.1 Å². The first-order valence-electron chi connectivity index (χ1n) is 6.63. The quantitative estimate of drug-likeness (QED) is 0.747. The van der Waals surface area contributed by atoms with Gasteiger partial charge in [0.2, 0.25) is 0 Å². The van der Waals surface area contributed by atoms with E-state index in [4.69, 9.17) is 17.0 Å². The molecule has 2 aromatic heterocycles. The van der Waals surface area contributed by atoms with Crippen molar-refractivity contribution < 1.29 is 4.74 Å². The van der Waals surface area contributed by atoms with Gasteiger partial charge >= 0.3 is 0 Å². The van der Waals surface area contributed by atoms with Crippen LogP contribution in [0.5, 0.6) is 0 Å². The number of hydrogen-bond acceptors (Lipinski definition) is 4. The first-order valence-corrected chi connectivity index (χ1v) is 7.04. The van der Waals surface area contributed by atoms with Crippen LogP contribution in [0.15, 0.2) is 36.4 Å². The van der Waals surface area contributed by atoms with Gasteiger partial charge in [-0.2, -0.15) is 0 Å². The fourth-order valence-corrected chi connectivity index (χ4v) is 2.57. The van der Waals surface area contributed by atoms with E-state index >= 15 is 0 Å². The number of pyridine rings is 1.